The van der Waals surface area contributed by atoms with Crippen LogP contribution in [0.4, 0.5) is 0 Å². The Morgan fingerprint density at radius 1 is 0.385 bits per heavy atom. The van der Waals surface area contributed by atoms with Crippen molar-refractivity contribution in [3.8, 4) is 0 Å². The molecule has 0 bridgehead atoms. The van der Waals surface area contributed by atoms with Gasteiger partial charge in [0.25, 0.3) is 0 Å². The Hall–Kier alpha value is 0.383. The molecule has 0 aromatic rings. The molecular weight excluding hydrogens is 225 g/mol. The van der Waals surface area contributed by atoms with Crippen LogP contribution in [0.3, 0.4) is 0 Å². The van der Waals surface area contributed by atoms with Crippen LogP contribution in [0.25, 0.3) is 21.3 Å². The summed E-state index contributed by atoms with van der Waals surface area (Å²) in [7, 11) is 14.0. The summed E-state index contributed by atoms with van der Waals surface area (Å²) in [5, 5.41) is 14.0. The predicted octanol–water partition coefficient (Wildman–Crippen LogP) is 2.10. The zero-order valence-corrected chi connectivity index (χ0v) is 12.4. The average Bonchev–Trinajstić information content (AvgIpc) is 1.92. The van der Waals surface area contributed by atoms with Crippen LogP contribution in [0.5, 0.6) is 0 Å². The van der Waals surface area contributed by atoms with Crippen LogP contribution in [-0.2, 0) is 0 Å². The Labute approximate surface area is 95.6 Å². The summed E-state index contributed by atoms with van der Waals surface area (Å²) in [5.74, 6) is 0. The fraction of sp³-hybridized carbons (Fsp3) is 1.00. The van der Waals surface area contributed by atoms with Crippen molar-refractivity contribution in [2.45, 2.75) is 0 Å². The molecule has 0 fully saturated rings. The van der Waals surface area contributed by atoms with Crippen LogP contribution in [0.2, 0.25) is 0 Å². The Morgan fingerprint density at radius 2 is 0.385 bits per heavy atom. The number of nitrogens with zero attached hydrogens (tertiary/aromatic N) is 4. The van der Waals surface area contributed by atoms with E-state index in [4.69, 9.17) is 0 Å². The summed E-state index contributed by atoms with van der Waals surface area (Å²) in [4.78, 5) is 0. The summed E-state index contributed by atoms with van der Waals surface area (Å²) >= 11 is 0. The summed E-state index contributed by atoms with van der Waals surface area (Å²) in [6.45, 7) is 0. The molecule has 0 aliphatic carbocycles. The van der Waals surface area contributed by atoms with E-state index in [0.717, 1.165) is 0 Å². The molecule has 0 aromatic heterocycles. The van der Waals surface area contributed by atoms with Crippen LogP contribution in [0, 0.1) is 0 Å². The van der Waals surface area contributed by atoms with E-state index in [1.165, 1.54) is 0 Å². The van der Waals surface area contributed by atoms with E-state index in [1.54, 1.807) is 56.4 Å². The van der Waals surface area contributed by atoms with Crippen molar-refractivity contribution in [1.82, 2.24) is 0 Å². The maximum absolute atomic E-state index is 3.50. The van der Waals surface area contributed by atoms with Gasteiger partial charge in [0.15, 0.2) is 0 Å². The van der Waals surface area contributed by atoms with Crippen LogP contribution in [0.1, 0.15) is 0 Å². The first-order valence-corrected chi connectivity index (χ1v) is 3.58. The van der Waals surface area contributed by atoms with Crippen molar-refractivity contribution in [3.05, 3.63) is 21.3 Å². The van der Waals surface area contributed by atoms with Crippen molar-refractivity contribution in [3.63, 3.8) is 0 Å². The van der Waals surface area contributed by atoms with Gasteiger partial charge in [0.05, 0.1) is 0 Å². The van der Waals surface area contributed by atoms with Gasteiger partial charge in [0.2, 0.25) is 0 Å². The van der Waals surface area contributed by atoms with Gasteiger partial charge in [-0.25, -0.2) is 0 Å². The molecule has 0 N–H and O–H groups in total. The number of hydrogen-bond acceptors (Lipinski definition) is 0. The third-order valence-corrected chi connectivity index (χ3v) is 0. The van der Waals surface area contributed by atoms with Gasteiger partial charge in [0, 0.05) is 0 Å². The molecule has 80 valence electrons. The van der Waals surface area contributed by atoms with Gasteiger partial charge >= 0.3 is 17.6 Å². The molecule has 0 atom stereocenters. The van der Waals surface area contributed by atoms with Gasteiger partial charge in [0.1, 0.15) is 0 Å². The van der Waals surface area contributed by atoms with Crippen LogP contribution < -0.4 is 0 Å². The normalized spacial score (nSPS) is 5.54. The smallest absolute Gasteiger partial charge is 0.668 e. The van der Waals surface area contributed by atoms with Gasteiger partial charge < -0.3 is 21.3 Å². The van der Waals surface area contributed by atoms with E-state index in [0.29, 0.717) is 0 Å². The molecule has 0 unspecified atom stereocenters. The second-order valence-corrected chi connectivity index (χ2v) is 1.79. The Morgan fingerprint density at radius 3 is 0.385 bits per heavy atom. The second-order valence-electron chi connectivity index (χ2n) is 1.79. The zero-order chi connectivity index (χ0) is 10.8. The molecule has 0 aliphatic heterocycles. The fourth-order valence-corrected chi connectivity index (χ4v) is 0. The molecule has 0 saturated heterocycles. The molecule has 0 heterocycles. The Kier molecular flexibility index (Phi) is 188. The molecule has 13 heavy (non-hydrogen) atoms. The molecule has 0 radical (unpaired) electrons. The van der Waals surface area contributed by atoms with Crippen molar-refractivity contribution in [2.24, 2.45) is 0 Å². The van der Waals surface area contributed by atoms with Crippen LogP contribution in [0.15, 0.2) is 0 Å². The third kappa shape index (κ3) is 9110. The molecule has 0 aliphatic rings. The minimum Gasteiger partial charge on any atom is -0.668 e. The van der Waals surface area contributed by atoms with Crippen LogP contribution >= 0.6 is 0 Å². The molecule has 0 aromatic carbocycles. The van der Waals surface area contributed by atoms with Gasteiger partial charge in [-0.1, -0.05) is 0 Å². The first-order valence-electron chi connectivity index (χ1n) is 3.58. The molecular formula is C8H24GeN4. The predicted molar refractivity (Wildman–Crippen MR) is 66.6 cm³/mol. The van der Waals surface area contributed by atoms with Gasteiger partial charge in [-0.15, -0.1) is 0 Å². The molecule has 0 saturated carbocycles. The topological polar surface area (TPSA) is 56.4 Å². The third-order valence-electron chi connectivity index (χ3n) is 0. The Bertz CT molecular complexity index is 24.1. The van der Waals surface area contributed by atoms with Crippen LogP contribution in [-0.4, -0.2) is 74.0 Å². The molecule has 4 nitrogen and oxygen atoms in total. The largest absolute Gasteiger partial charge is 4.00 e. The van der Waals surface area contributed by atoms with Crippen molar-refractivity contribution in [1.29, 1.82) is 0 Å². The van der Waals surface area contributed by atoms with Crippen molar-refractivity contribution >= 4 is 17.6 Å². The summed E-state index contributed by atoms with van der Waals surface area (Å²) in [6.07, 6.45) is 0. The second kappa shape index (κ2) is 83.5. The standard InChI is InChI=1S/4C2H6N.Ge/c4*1-3-2;/h4*1-2H3;/q4*-1;+4. The summed E-state index contributed by atoms with van der Waals surface area (Å²) in [5.41, 5.74) is 0. The first-order chi connectivity index (χ1) is 5.66. The fourth-order valence-electron chi connectivity index (χ4n) is 0. The summed E-state index contributed by atoms with van der Waals surface area (Å²) in [6, 6.07) is 0. The average molecular weight is 249 g/mol. The minimum absolute atomic E-state index is 0. The van der Waals surface area contributed by atoms with Crippen molar-refractivity contribution < 1.29 is 0 Å². The number of hydrogen-bond donors (Lipinski definition) is 0. The Balaban J connectivity index is -0.0000000213. The zero-order valence-electron chi connectivity index (χ0n) is 10.3. The molecule has 0 rings (SSSR count). The maximum Gasteiger partial charge on any atom is 4.00 e. The molecule has 5 heteroatoms. The molecule has 0 spiro atoms. The minimum atomic E-state index is 0. The summed E-state index contributed by atoms with van der Waals surface area (Å²) < 4.78 is 0. The van der Waals surface area contributed by atoms with Gasteiger partial charge in [-0.05, 0) is 0 Å². The monoisotopic (exact) mass is 250 g/mol. The van der Waals surface area contributed by atoms with E-state index in [9.17, 15) is 0 Å². The van der Waals surface area contributed by atoms with E-state index >= 15 is 0 Å². The molecule has 0 amide bonds. The van der Waals surface area contributed by atoms with E-state index < -0.39 is 0 Å². The van der Waals surface area contributed by atoms with E-state index in [1.807, 2.05) is 0 Å². The first kappa shape index (κ1) is 29.2. The van der Waals surface area contributed by atoms with E-state index in [2.05, 4.69) is 21.3 Å². The SMILES string of the molecule is C[N-]C.C[N-]C.C[N-]C.C[N-]C.[Ge+4]. The van der Waals surface area contributed by atoms with Crippen molar-refractivity contribution in [2.75, 3.05) is 56.4 Å². The quantitative estimate of drug-likeness (QED) is 0.590. The number of rotatable bonds is 0. The maximum atomic E-state index is 3.50. The van der Waals surface area contributed by atoms with Gasteiger partial charge in [-0.3, -0.25) is 0 Å². The van der Waals surface area contributed by atoms with E-state index in [-0.39, 0.29) is 17.6 Å². The van der Waals surface area contributed by atoms with Gasteiger partial charge in [-0.2, -0.15) is 56.4 Å².